The normalized spacial score (nSPS) is 14.1. The number of carbonyl (C=O) groups excluding carboxylic acids is 1. The van der Waals surface area contributed by atoms with E-state index in [1.54, 1.807) is 15.8 Å². The average Bonchev–Trinajstić information content (AvgIpc) is 3.39. The van der Waals surface area contributed by atoms with Crippen molar-refractivity contribution in [2.24, 2.45) is 0 Å². The first-order valence-corrected chi connectivity index (χ1v) is 9.60. The first-order chi connectivity index (χ1) is 13.6. The number of likely N-dealkylation sites (tertiary alicyclic amines) is 1. The summed E-state index contributed by atoms with van der Waals surface area (Å²) < 4.78 is 4.25. The fraction of sp³-hybridized carbons (Fsp3) is 0.400. The van der Waals surface area contributed by atoms with Crippen molar-refractivity contribution in [2.45, 2.75) is 39.4 Å². The summed E-state index contributed by atoms with van der Waals surface area (Å²) in [6.07, 6.45) is 3.49. The number of nitrogens with zero attached hydrogens (tertiary/aromatic N) is 5. The van der Waals surface area contributed by atoms with Crippen LogP contribution in [0.25, 0.3) is 11.2 Å². The van der Waals surface area contributed by atoms with Crippen molar-refractivity contribution in [3.05, 3.63) is 63.1 Å². The van der Waals surface area contributed by atoms with E-state index in [2.05, 4.69) is 4.98 Å². The van der Waals surface area contributed by atoms with E-state index >= 15 is 0 Å². The summed E-state index contributed by atoms with van der Waals surface area (Å²) in [5.74, 6) is -0.190. The molecule has 0 unspecified atom stereocenters. The van der Waals surface area contributed by atoms with E-state index in [1.807, 2.05) is 37.3 Å². The predicted molar refractivity (Wildman–Crippen MR) is 105 cm³/mol. The number of benzene rings is 1. The zero-order valence-electron chi connectivity index (χ0n) is 15.9. The molecule has 0 bridgehead atoms. The summed E-state index contributed by atoms with van der Waals surface area (Å²) in [7, 11) is 0. The molecule has 0 radical (unpaired) electrons. The monoisotopic (exact) mass is 381 g/mol. The third-order valence-electron chi connectivity index (χ3n) is 5.26. The minimum Gasteiger partial charge on any atom is -0.341 e. The number of amides is 1. The molecule has 1 saturated heterocycles. The first kappa shape index (κ1) is 18.2. The van der Waals surface area contributed by atoms with Gasteiger partial charge in [-0.05, 0) is 25.3 Å². The zero-order valence-corrected chi connectivity index (χ0v) is 15.9. The quantitative estimate of drug-likeness (QED) is 0.662. The lowest BCUT2D eigenvalue weighted by atomic mass is 10.2. The molecule has 146 valence electrons. The van der Waals surface area contributed by atoms with Crippen LogP contribution in [0.3, 0.4) is 0 Å². The van der Waals surface area contributed by atoms with Crippen molar-refractivity contribution < 1.29 is 4.79 Å². The number of carbonyl (C=O) groups is 1. The van der Waals surface area contributed by atoms with Crippen LogP contribution < -0.4 is 11.2 Å². The molecule has 3 heterocycles. The van der Waals surface area contributed by atoms with Gasteiger partial charge in [0, 0.05) is 19.6 Å². The number of hydrogen-bond acceptors (Lipinski definition) is 4. The van der Waals surface area contributed by atoms with Crippen LogP contribution in [0.4, 0.5) is 0 Å². The third kappa shape index (κ3) is 3.15. The van der Waals surface area contributed by atoms with Crippen molar-refractivity contribution in [3.63, 3.8) is 0 Å². The summed E-state index contributed by atoms with van der Waals surface area (Å²) in [5.41, 5.74) is 0.664. The van der Waals surface area contributed by atoms with Gasteiger partial charge in [0.05, 0.1) is 12.9 Å². The predicted octanol–water partition coefficient (Wildman–Crippen LogP) is 1.05. The molecule has 1 fully saturated rings. The minimum atomic E-state index is -0.504. The van der Waals surface area contributed by atoms with Gasteiger partial charge in [-0.3, -0.25) is 14.2 Å². The van der Waals surface area contributed by atoms with Crippen molar-refractivity contribution in [3.8, 4) is 0 Å². The molecule has 3 aromatic rings. The van der Waals surface area contributed by atoms with E-state index < -0.39 is 11.2 Å². The van der Waals surface area contributed by atoms with Crippen LogP contribution in [-0.4, -0.2) is 42.6 Å². The average molecular weight is 381 g/mol. The Morgan fingerprint density at radius 1 is 1.07 bits per heavy atom. The molecule has 8 nitrogen and oxygen atoms in total. The van der Waals surface area contributed by atoms with Gasteiger partial charge in [-0.25, -0.2) is 14.3 Å². The largest absolute Gasteiger partial charge is 0.341 e. The highest BCUT2D eigenvalue weighted by molar-refractivity contribution is 5.77. The second-order valence-corrected chi connectivity index (χ2v) is 7.04. The number of aryl methyl sites for hydroxylation is 1. The van der Waals surface area contributed by atoms with Crippen LogP contribution in [0.1, 0.15) is 25.3 Å². The summed E-state index contributed by atoms with van der Waals surface area (Å²) in [6.45, 7) is 3.87. The van der Waals surface area contributed by atoms with E-state index in [0.29, 0.717) is 30.8 Å². The number of fused-ring (bicyclic) bond motifs is 1. The Morgan fingerprint density at radius 2 is 1.79 bits per heavy atom. The molecular formula is C20H23N5O3. The van der Waals surface area contributed by atoms with E-state index in [-0.39, 0.29) is 19.0 Å². The van der Waals surface area contributed by atoms with Crippen LogP contribution in [0, 0.1) is 0 Å². The Kier molecular flexibility index (Phi) is 4.85. The Bertz CT molecular complexity index is 1120. The van der Waals surface area contributed by atoms with E-state index in [0.717, 1.165) is 23.0 Å². The number of rotatable bonds is 5. The Morgan fingerprint density at radius 3 is 2.46 bits per heavy atom. The molecular weight excluding hydrogens is 358 g/mol. The summed E-state index contributed by atoms with van der Waals surface area (Å²) in [5, 5.41) is 0. The van der Waals surface area contributed by atoms with E-state index in [4.69, 9.17) is 0 Å². The van der Waals surface area contributed by atoms with Gasteiger partial charge >= 0.3 is 5.69 Å². The second kappa shape index (κ2) is 7.46. The SMILES string of the molecule is CCn1cnc2c1c(=O)n(CC(=O)N1CCCC1)c(=O)n2Cc1ccccc1. The first-order valence-electron chi connectivity index (χ1n) is 9.60. The topological polar surface area (TPSA) is 82.1 Å². The lowest BCUT2D eigenvalue weighted by molar-refractivity contribution is -0.130. The fourth-order valence-corrected chi connectivity index (χ4v) is 3.73. The van der Waals surface area contributed by atoms with Gasteiger partial charge in [0.25, 0.3) is 5.56 Å². The van der Waals surface area contributed by atoms with Crippen molar-refractivity contribution in [1.82, 2.24) is 23.6 Å². The number of imidazole rings is 1. The molecule has 0 atom stereocenters. The van der Waals surface area contributed by atoms with Crippen LogP contribution >= 0.6 is 0 Å². The highest BCUT2D eigenvalue weighted by atomic mass is 16.2. The standard InChI is InChI=1S/C20H23N5O3/c1-2-22-14-21-18-17(22)19(27)25(13-16(26)23-10-6-7-11-23)20(28)24(18)12-15-8-4-3-5-9-15/h3-5,8-9,14H,2,6-7,10-13H2,1H3. The van der Waals surface area contributed by atoms with Crippen molar-refractivity contribution >= 4 is 17.1 Å². The van der Waals surface area contributed by atoms with Gasteiger partial charge < -0.3 is 9.47 Å². The second-order valence-electron chi connectivity index (χ2n) is 7.04. The molecule has 2 aromatic heterocycles. The molecule has 0 N–H and O–H groups in total. The molecule has 28 heavy (non-hydrogen) atoms. The molecule has 8 heteroatoms. The highest BCUT2D eigenvalue weighted by Crippen LogP contribution is 2.11. The Hall–Kier alpha value is -3.16. The maximum absolute atomic E-state index is 13.2. The summed E-state index contributed by atoms with van der Waals surface area (Å²) in [6, 6.07) is 9.54. The van der Waals surface area contributed by atoms with Gasteiger partial charge in [0.15, 0.2) is 11.2 Å². The van der Waals surface area contributed by atoms with E-state index in [9.17, 15) is 14.4 Å². The van der Waals surface area contributed by atoms with Gasteiger partial charge in [-0.2, -0.15) is 0 Å². The smallest absolute Gasteiger partial charge is 0.333 e. The van der Waals surface area contributed by atoms with Gasteiger partial charge in [0.2, 0.25) is 5.91 Å². The Balaban J connectivity index is 1.85. The lowest BCUT2D eigenvalue weighted by Gasteiger charge is -2.17. The number of aromatic nitrogens is 4. The van der Waals surface area contributed by atoms with Gasteiger partial charge in [0.1, 0.15) is 6.54 Å². The van der Waals surface area contributed by atoms with Crippen molar-refractivity contribution in [1.29, 1.82) is 0 Å². The van der Waals surface area contributed by atoms with Gasteiger partial charge in [-0.1, -0.05) is 30.3 Å². The highest BCUT2D eigenvalue weighted by Gasteiger charge is 2.23. The van der Waals surface area contributed by atoms with Crippen LogP contribution in [0.15, 0.2) is 46.2 Å². The maximum atomic E-state index is 13.2. The zero-order chi connectivity index (χ0) is 19.7. The molecule has 0 spiro atoms. The summed E-state index contributed by atoms with van der Waals surface area (Å²) >= 11 is 0. The summed E-state index contributed by atoms with van der Waals surface area (Å²) in [4.78, 5) is 44.9. The molecule has 1 aromatic carbocycles. The molecule has 1 aliphatic rings. The fourth-order valence-electron chi connectivity index (χ4n) is 3.73. The van der Waals surface area contributed by atoms with E-state index in [1.165, 1.54) is 4.57 Å². The minimum absolute atomic E-state index is 0.190. The molecule has 0 saturated carbocycles. The Labute approximate surface area is 161 Å². The molecule has 0 aliphatic carbocycles. The van der Waals surface area contributed by atoms with Crippen molar-refractivity contribution in [2.75, 3.05) is 13.1 Å². The van der Waals surface area contributed by atoms with Crippen LogP contribution in [0.2, 0.25) is 0 Å². The molecule has 4 rings (SSSR count). The molecule has 1 amide bonds. The van der Waals surface area contributed by atoms with Crippen LogP contribution in [0.5, 0.6) is 0 Å². The lowest BCUT2D eigenvalue weighted by Crippen LogP contribution is -2.45. The van der Waals surface area contributed by atoms with Crippen LogP contribution in [-0.2, 0) is 24.4 Å². The number of hydrogen-bond donors (Lipinski definition) is 0. The molecule has 1 aliphatic heterocycles. The maximum Gasteiger partial charge on any atom is 0.333 e. The van der Waals surface area contributed by atoms with Gasteiger partial charge in [-0.15, -0.1) is 0 Å². The third-order valence-corrected chi connectivity index (χ3v) is 5.26.